The van der Waals surface area contributed by atoms with E-state index in [-0.39, 0.29) is 55.5 Å². The fraction of sp³-hybridized carbons (Fsp3) is 0.444. The molecule has 2 unspecified atom stereocenters. The van der Waals surface area contributed by atoms with Crippen molar-refractivity contribution in [1.82, 2.24) is 5.32 Å². The number of amides is 2. The molecule has 1 fully saturated rings. The molecule has 1 aliphatic carbocycles. The maximum atomic E-state index is 13.2. The van der Waals surface area contributed by atoms with E-state index in [1.807, 2.05) is 0 Å². The number of nitrogens with one attached hydrogen (secondary N) is 1. The van der Waals surface area contributed by atoms with E-state index in [0.29, 0.717) is 17.7 Å². The van der Waals surface area contributed by atoms with Gasteiger partial charge in [0.2, 0.25) is 11.8 Å². The van der Waals surface area contributed by atoms with E-state index in [0.717, 1.165) is 0 Å². The highest BCUT2D eigenvalue weighted by molar-refractivity contribution is 6.14. The highest BCUT2D eigenvalue weighted by atomic mass is 16.5. The van der Waals surface area contributed by atoms with Crippen LogP contribution in [0.15, 0.2) is 18.2 Å². The standard InChI is InChI=1S/C18H20N2O5/c19-8-9-25-14-3-1-2-12-13(21)6-4-10(17(23)16(12)14)11-5-7-15(22)20-18(11)24/h1-3,10-11H,4-9,19H2,(H,20,22,24). The molecule has 7 heteroatoms. The number of carbonyl (C=O) groups is 4. The quantitative estimate of drug-likeness (QED) is 0.618. The minimum absolute atomic E-state index is 0.142. The number of nitrogens with two attached hydrogens (primary N) is 1. The third kappa shape index (κ3) is 3.32. The summed E-state index contributed by atoms with van der Waals surface area (Å²) < 4.78 is 5.55. The lowest BCUT2D eigenvalue weighted by molar-refractivity contribution is -0.137. The number of carbonyl (C=O) groups excluding carboxylic acids is 4. The molecule has 2 atom stereocenters. The normalized spacial score (nSPS) is 23.7. The zero-order valence-electron chi connectivity index (χ0n) is 13.7. The lowest BCUT2D eigenvalue weighted by Crippen LogP contribution is -2.45. The highest BCUT2D eigenvalue weighted by Crippen LogP contribution is 2.36. The number of hydrogen-bond donors (Lipinski definition) is 2. The van der Waals surface area contributed by atoms with Crippen molar-refractivity contribution in [1.29, 1.82) is 0 Å². The van der Waals surface area contributed by atoms with E-state index in [1.54, 1.807) is 18.2 Å². The van der Waals surface area contributed by atoms with Crippen LogP contribution < -0.4 is 15.8 Å². The third-order valence-corrected chi connectivity index (χ3v) is 4.74. The Morgan fingerprint density at radius 3 is 2.56 bits per heavy atom. The average molecular weight is 344 g/mol. The molecule has 3 N–H and O–H groups in total. The lowest BCUT2D eigenvalue weighted by atomic mass is 9.79. The molecule has 1 aromatic carbocycles. The van der Waals surface area contributed by atoms with Crippen LogP contribution in [-0.4, -0.2) is 36.5 Å². The van der Waals surface area contributed by atoms with Gasteiger partial charge in [-0.3, -0.25) is 24.5 Å². The number of piperidine rings is 1. The van der Waals surface area contributed by atoms with Gasteiger partial charge in [0.05, 0.1) is 5.56 Å². The molecule has 1 aliphatic heterocycles. The van der Waals surface area contributed by atoms with Crippen molar-refractivity contribution in [3.05, 3.63) is 29.3 Å². The fourth-order valence-electron chi connectivity index (χ4n) is 3.52. The minimum Gasteiger partial charge on any atom is -0.491 e. The van der Waals surface area contributed by atoms with E-state index in [4.69, 9.17) is 10.5 Å². The van der Waals surface area contributed by atoms with Crippen LogP contribution in [0.2, 0.25) is 0 Å². The summed E-state index contributed by atoms with van der Waals surface area (Å²) in [6, 6.07) is 4.91. The van der Waals surface area contributed by atoms with Crippen molar-refractivity contribution in [2.24, 2.45) is 17.6 Å². The first-order valence-electron chi connectivity index (χ1n) is 8.40. The second kappa shape index (κ2) is 7.14. The Labute approximate surface area is 144 Å². The molecule has 0 spiro atoms. The number of fused-ring (bicyclic) bond motifs is 1. The smallest absolute Gasteiger partial charge is 0.230 e. The summed E-state index contributed by atoms with van der Waals surface area (Å²) >= 11 is 0. The Balaban J connectivity index is 1.98. The van der Waals surface area contributed by atoms with Gasteiger partial charge in [-0.2, -0.15) is 0 Å². The summed E-state index contributed by atoms with van der Waals surface area (Å²) in [7, 11) is 0. The van der Waals surface area contributed by atoms with E-state index in [1.165, 1.54) is 0 Å². The van der Waals surface area contributed by atoms with Crippen molar-refractivity contribution in [3.8, 4) is 5.75 Å². The SMILES string of the molecule is NCCOc1cccc2c1C(=O)C(C1CCC(=O)NC1=O)CCC2=O. The molecule has 1 aromatic rings. The van der Waals surface area contributed by atoms with Crippen LogP contribution >= 0.6 is 0 Å². The molecule has 0 aromatic heterocycles. The van der Waals surface area contributed by atoms with Crippen molar-refractivity contribution < 1.29 is 23.9 Å². The summed E-state index contributed by atoms with van der Waals surface area (Å²) in [4.78, 5) is 49.2. The van der Waals surface area contributed by atoms with Gasteiger partial charge in [0.15, 0.2) is 11.6 Å². The molecule has 25 heavy (non-hydrogen) atoms. The van der Waals surface area contributed by atoms with Gasteiger partial charge < -0.3 is 10.5 Å². The number of imide groups is 1. The fourth-order valence-corrected chi connectivity index (χ4v) is 3.52. The molecule has 2 amide bonds. The minimum atomic E-state index is -0.638. The third-order valence-electron chi connectivity index (χ3n) is 4.74. The topological polar surface area (TPSA) is 116 Å². The summed E-state index contributed by atoms with van der Waals surface area (Å²) in [5.74, 6) is -2.11. The predicted molar refractivity (Wildman–Crippen MR) is 88.3 cm³/mol. The van der Waals surface area contributed by atoms with E-state index >= 15 is 0 Å². The number of Topliss-reactive ketones (excluding diaryl/α,β-unsaturated/α-hetero) is 2. The second-order valence-corrected chi connectivity index (χ2v) is 6.31. The first-order chi connectivity index (χ1) is 12.0. The maximum Gasteiger partial charge on any atom is 0.230 e. The number of rotatable bonds is 4. The van der Waals surface area contributed by atoms with E-state index in [2.05, 4.69) is 5.32 Å². The van der Waals surface area contributed by atoms with E-state index in [9.17, 15) is 19.2 Å². The summed E-state index contributed by atoms with van der Waals surface area (Å²) in [6.45, 7) is 0.503. The highest BCUT2D eigenvalue weighted by Gasteiger charge is 2.41. The molecular weight excluding hydrogens is 324 g/mol. The lowest BCUT2D eigenvalue weighted by Gasteiger charge is -2.27. The number of benzene rings is 1. The van der Waals surface area contributed by atoms with Crippen LogP contribution in [0.4, 0.5) is 0 Å². The first-order valence-corrected chi connectivity index (χ1v) is 8.40. The molecule has 7 nitrogen and oxygen atoms in total. The number of ketones is 2. The van der Waals surface area contributed by atoms with Crippen LogP contribution in [0, 0.1) is 11.8 Å². The van der Waals surface area contributed by atoms with Crippen molar-refractivity contribution in [2.45, 2.75) is 25.7 Å². The van der Waals surface area contributed by atoms with Crippen molar-refractivity contribution in [3.63, 3.8) is 0 Å². The van der Waals surface area contributed by atoms with Gasteiger partial charge in [0.1, 0.15) is 12.4 Å². The Kier molecular flexibility index (Phi) is 4.94. The Morgan fingerprint density at radius 2 is 1.84 bits per heavy atom. The molecule has 1 heterocycles. The van der Waals surface area contributed by atoms with E-state index < -0.39 is 17.7 Å². The predicted octanol–water partition coefficient (Wildman–Crippen LogP) is 0.852. The summed E-state index contributed by atoms with van der Waals surface area (Å²) in [6.07, 6.45) is 0.985. The average Bonchev–Trinajstić information content (AvgIpc) is 2.72. The number of hydrogen-bond acceptors (Lipinski definition) is 6. The largest absolute Gasteiger partial charge is 0.491 e. The molecule has 3 rings (SSSR count). The molecular formula is C18H20N2O5. The van der Waals surface area contributed by atoms with Crippen molar-refractivity contribution in [2.75, 3.05) is 13.2 Å². The molecule has 0 bridgehead atoms. The Hall–Kier alpha value is -2.54. The maximum absolute atomic E-state index is 13.2. The van der Waals surface area contributed by atoms with Gasteiger partial charge in [-0.1, -0.05) is 12.1 Å². The summed E-state index contributed by atoms with van der Waals surface area (Å²) in [5.41, 5.74) is 6.02. The van der Waals surface area contributed by atoms with Crippen LogP contribution in [-0.2, 0) is 9.59 Å². The molecule has 0 radical (unpaired) electrons. The van der Waals surface area contributed by atoms with Gasteiger partial charge in [-0.15, -0.1) is 0 Å². The van der Waals surface area contributed by atoms with Gasteiger partial charge in [-0.25, -0.2) is 0 Å². The molecule has 132 valence electrons. The van der Waals surface area contributed by atoms with Gasteiger partial charge in [0.25, 0.3) is 0 Å². The van der Waals surface area contributed by atoms with Crippen LogP contribution in [0.3, 0.4) is 0 Å². The van der Waals surface area contributed by atoms with Crippen LogP contribution in [0.1, 0.15) is 46.4 Å². The molecule has 1 saturated heterocycles. The second-order valence-electron chi connectivity index (χ2n) is 6.31. The van der Waals surface area contributed by atoms with Crippen molar-refractivity contribution >= 4 is 23.4 Å². The van der Waals surface area contributed by atoms with Gasteiger partial charge in [-0.05, 0) is 18.9 Å². The Morgan fingerprint density at radius 1 is 1.08 bits per heavy atom. The van der Waals surface area contributed by atoms with Gasteiger partial charge >= 0.3 is 0 Å². The Bertz CT molecular complexity index is 743. The monoisotopic (exact) mass is 344 g/mol. The zero-order chi connectivity index (χ0) is 18.0. The van der Waals surface area contributed by atoms with Gasteiger partial charge in [0, 0.05) is 36.8 Å². The summed E-state index contributed by atoms with van der Waals surface area (Å²) in [5, 5.41) is 2.29. The molecule has 0 saturated carbocycles. The van der Waals surface area contributed by atoms with Crippen LogP contribution in [0.25, 0.3) is 0 Å². The number of ether oxygens (including phenoxy) is 1. The zero-order valence-corrected chi connectivity index (χ0v) is 13.7. The first kappa shape index (κ1) is 17.3. The molecule has 2 aliphatic rings. The van der Waals surface area contributed by atoms with Crippen LogP contribution in [0.5, 0.6) is 5.75 Å².